The summed E-state index contributed by atoms with van der Waals surface area (Å²) < 4.78 is 5.97. The largest absolute Gasteiger partial charge is 0.485 e. The van der Waals surface area contributed by atoms with E-state index in [-0.39, 0.29) is 6.10 Å². The zero-order valence-corrected chi connectivity index (χ0v) is 11.3. The van der Waals surface area contributed by atoms with Crippen molar-refractivity contribution in [1.29, 1.82) is 0 Å². The first-order valence-corrected chi connectivity index (χ1v) is 6.57. The van der Waals surface area contributed by atoms with Gasteiger partial charge >= 0.3 is 0 Å². The first-order valence-electron chi connectivity index (χ1n) is 6.20. The number of pyridine rings is 1. The van der Waals surface area contributed by atoms with Crippen molar-refractivity contribution in [3.05, 3.63) is 58.4 Å². The van der Waals surface area contributed by atoms with Crippen LogP contribution in [-0.4, -0.2) is 10.1 Å². The second-order valence-electron chi connectivity index (χ2n) is 4.77. The molecule has 0 fully saturated rings. The Morgan fingerprint density at radius 1 is 1.32 bits per heavy atom. The van der Waals surface area contributed by atoms with Crippen molar-refractivity contribution in [2.24, 2.45) is 0 Å². The summed E-state index contributed by atoms with van der Waals surface area (Å²) in [5, 5.41) is 10.9. The number of aliphatic hydroxyl groups is 1. The van der Waals surface area contributed by atoms with E-state index in [1.165, 1.54) is 0 Å². The Balaban J connectivity index is 1.97. The highest BCUT2D eigenvalue weighted by molar-refractivity contribution is 6.30. The molecule has 0 saturated heterocycles. The fourth-order valence-corrected chi connectivity index (χ4v) is 2.60. The molecule has 1 aliphatic rings. The summed E-state index contributed by atoms with van der Waals surface area (Å²) >= 11 is 5.94. The molecule has 98 valence electrons. The molecule has 2 aromatic rings. The summed E-state index contributed by atoms with van der Waals surface area (Å²) in [5.74, 6) is 0.691. The molecule has 1 aromatic heterocycles. The fraction of sp³-hybridized carbons (Fsp3) is 0.267. The zero-order valence-electron chi connectivity index (χ0n) is 10.5. The van der Waals surface area contributed by atoms with Gasteiger partial charge in [0.05, 0.1) is 6.10 Å². The highest BCUT2D eigenvalue weighted by Gasteiger charge is 2.29. The van der Waals surface area contributed by atoms with Crippen LogP contribution in [-0.2, 0) is 0 Å². The van der Waals surface area contributed by atoms with E-state index in [1.807, 2.05) is 13.0 Å². The fourth-order valence-electron chi connectivity index (χ4n) is 2.42. The lowest BCUT2D eigenvalue weighted by Crippen LogP contribution is -2.19. The van der Waals surface area contributed by atoms with Crippen molar-refractivity contribution in [2.75, 3.05) is 0 Å². The summed E-state index contributed by atoms with van der Waals surface area (Å²) in [7, 11) is 0. The molecule has 2 unspecified atom stereocenters. The first kappa shape index (κ1) is 12.5. The molecule has 1 aromatic carbocycles. The van der Waals surface area contributed by atoms with Crippen molar-refractivity contribution < 1.29 is 9.84 Å². The molecule has 1 N–H and O–H groups in total. The smallest absolute Gasteiger partial charge is 0.128 e. The van der Waals surface area contributed by atoms with Crippen molar-refractivity contribution in [3.8, 4) is 5.75 Å². The van der Waals surface area contributed by atoms with Crippen molar-refractivity contribution >= 4 is 11.6 Å². The van der Waals surface area contributed by atoms with Gasteiger partial charge in [0, 0.05) is 35.0 Å². The van der Waals surface area contributed by atoms with Gasteiger partial charge in [0.2, 0.25) is 0 Å². The molecule has 0 radical (unpaired) electrons. The second-order valence-corrected chi connectivity index (χ2v) is 5.21. The minimum Gasteiger partial charge on any atom is -0.485 e. The molecule has 0 aliphatic carbocycles. The summed E-state index contributed by atoms with van der Waals surface area (Å²) in [6.07, 6.45) is 3.34. The molecule has 3 rings (SSSR count). The molecule has 4 heteroatoms. The van der Waals surface area contributed by atoms with E-state index >= 15 is 0 Å². The lowest BCUT2D eigenvalue weighted by molar-refractivity contribution is 0.0653. The average Bonchev–Trinajstić information content (AvgIpc) is 2.40. The molecule has 0 saturated carbocycles. The van der Waals surface area contributed by atoms with Crippen LogP contribution in [0.15, 0.2) is 36.7 Å². The van der Waals surface area contributed by atoms with Gasteiger partial charge in [-0.3, -0.25) is 4.98 Å². The van der Waals surface area contributed by atoms with Gasteiger partial charge in [0.1, 0.15) is 11.9 Å². The number of hydrogen-bond donors (Lipinski definition) is 1. The van der Waals surface area contributed by atoms with Crippen LogP contribution in [0.1, 0.15) is 35.3 Å². The molecule has 1 aliphatic heterocycles. The molecule has 3 nitrogen and oxygen atoms in total. The maximum Gasteiger partial charge on any atom is 0.128 e. The normalized spacial score (nSPS) is 21.6. The monoisotopic (exact) mass is 275 g/mol. The Hall–Kier alpha value is -1.58. The van der Waals surface area contributed by atoms with E-state index in [9.17, 15) is 5.11 Å². The van der Waals surface area contributed by atoms with Crippen molar-refractivity contribution in [3.63, 3.8) is 0 Å². The SMILES string of the molecule is Cc1ccncc1C1CC(O)c2cc(Cl)ccc2O1. The van der Waals surface area contributed by atoms with Gasteiger partial charge < -0.3 is 9.84 Å². The van der Waals surface area contributed by atoms with Gasteiger partial charge in [-0.1, -0.05) is 11.6 Å². The van der Waals surface area contributed by atoms with Crippen LogP contribution >= 0.6 is 11.6 Å². The molecule has 0 amide bonds. The van der Waals surface area contributed by atoms with Gasteiger partial charge in [-0.05, 0) is 36.8 Å². The minimum absolute atomic E-state index is 0.169. The van der Waals surface area contributed by atoms with Crippen LogP contribution in [0.25, 0.3) is 0 Å². The van der Waals surface area contributed by atoms with E-state index in [0.29, 0.717) is 17.2 Å². The average molecular weight is 276 g/mol. The highest BCUT2D eigenvalue weighted by atomic mass is 35.5. The third-order valence-corrected chi connectivity index (χ3v) is 3.70. The van der Waals surface area contributed by atoms with Gasteiger partial charge in [-0.15, -0.1) is 0 Å². The van der Waals surface area contributed by atoms with Crippen LogP contribution < -0.4 is 4.74 Å². The lowest BCUT2D eigenvalue weighted by atomic mass is 9.94. The molecule has 19 heavy (non-hydrogen) atoms. The van der Waals surface area contributed by atoms with Crippen LogP contribution in [0.3, 0.4) is 0 Å². The number of fused-ring (bicyclic) bond motifs is 1. The summed E-state index contributed by atoms with van der Waals surface area (Å²) in [6.45, 7) is 2.02. The number of nitrogens with zero attached hydrogens (tertiary/aromatic N) is 1. The van der Waals surface area contributed by atoms with Crippen molar-refractivity contribution in [2.45, 2.75) is 25.6 Å². The maximum atomic E-state index is 10.2. The molecular weight excluding hydrogens is 262 g/mol. The van der Waals surface area contributed by atoms with E-state index < -0.39 is 6.10 Å². The third-order valence-electron chi connectivity index (χ3n) is 3.46. The molecular formula is C15H14ClNO2. The van der Waals surface area contributed by atoms with E-state index in [4.69, 9.17) is 16.3 Å². The van der Waals surface area contributed by atoms with Gasteiger partial charge in [0.25, 0.3) is 0 Å². The molecule has 2 atom stereocenters. The van der Waals surface area contributed by atoms with Crippen LogP contribution in [0.5, 0.6) is 5.75 Å². The quantitative estimate of drug-likeness (QED) is 0.865. The molecule has 0 spiro atoms. The van der Waals surface area contributed by atoms with Crippen LogP contribution in [0.2, 0.25) is 5.02 Å². The zero-order chi connectivity index (χ0) is 13.4. The number of hydrogen-bond acceptors (Lipinski definition) is 3. The highest BCUT2D eigenvalue weighted by Crippen LogP contribution is 2.42. The first-order chi connectivity index (χ1) is 9.15. The Labute approximate surface area is 116 Å². The predicted octanol–water partition coefficient (Wildman–Crippen LogP) is 3.60. The standard InChI is InChI=1S/C15H14ClNO2/c1-9-4-5-17-8-12(9)15-7-13(18)11-6-10(16)2-3-14(11)19-15/h2-6,8,13,15,18H,7H2,1H3. The Morgan fingerprint density at radius 3 is 2.95 bits per heavy atom. The number of aliphatic hydroxyl groups excluding tert-OH is 1. The predicted molar refractivity (Wildman–Crippen MR) is 73.4 cm³/mol. The second kappa shape index (κ2) is 4.83. The summed E-state index contributed by atoms with van der Waals surface area (Å²) in [6, 6.07) is 7.28. The number of halogens is 1. The number of aromatic nitrogens is 1. The summed E-state index contributed by atoms with van der Waals surface area (Å²) in [5.41, 5.74) is 2.89. The number of ether oxygens (including phenoxy) is 1. The lowest BCUT2D eigenvalue weighted by Gasteiger charge is -2.30. The Morgan fingerprint density at radius 2 is 2.16 bits per heavy atom. The van der Waals surface area contributed by atoms with E-state index in [2.05, 4.69) is 4.98 Å². The maximum absolute atomic E-state index is 10.2. The van der Waals surface area contributed by atoms with Gasteiger partial charge in [-0.2, -0.15) is 0 Å². The van der Waals surface area contributed by atoms with Gasteiger partial charge in [-0.25, -0.2) is 0 Å². The number of benzene rings is 1. The molecule has 2 heterocycles. The Bertz CT molecular complexity index is 615. The van der Waals surface area contributed by atoms with Crippen molar-refractivity contribution in [1.82, 2.24) is 4.98 Å². The molecule has 0 bridgehead atoms. The number of aryl methyl sites for hydroxylation is 1. The van der Waals surface area contributed by atoms with Gasteiger partial charge in [0.15, 0.2) is 0 Å². The minimum atomic E-state index is -0.563. The summed E-state index contributed by atoms with van der Waals surface area (Å²) in [4.78, 5) is 4.13. The third kappa shape index (κ3) is 2.31. The van der Waals surface area contributed by atoms with E-state index in [0.717, 1.165) is 16.7 Å². The number of rotatable bonds is 1. The van der Waals surface area contributed by atoms with Crippen LogP contribution in [0.4, 0.5) is 0 Å². The van der Waals surface area contributed by atoms with E-state index in [1.54, 1.807) is 30.6 Å². The topological polar surface area (TPSA) is 42.4 Å². The Kier molecular flexibility index (Phi) is 3.17. The van der Waals surface area contributed by atoms with Crippen LogP contribution in [0, 0.1) is 6.92 Å².